The van der Waals surface area contributed by atoms with Crippen LogP contribution in [0, 0.1) is 0 Å². The Labute approximate surface area is 63.5 Å². The first-order chi connectivity index (χ1) is 4.74. The molecule has 0 amide bonds. The van der Waals surface area contributed by atoms with Gasteiger partial charge in [-0.3, -0.25) is 10.0 Å². The molecular weight excluding hydrogens is 148 g/mol. The maximum absolute atomic E-state index is 10.6. The van der Waals surface area contributed by atoms with E-state index in [-0.39, 0.29) is 5.25 Å². The average Bonchev–Trinajstić information content (AvgIpc) is 1.76. The summed E-state index contributed by atoms with van der Waals surface area (Å²) in [4.78, 5) is 2.16. The second-order valence-electron chi connectivity index (χ2n) is 2.46. The summed E-state index contributed by atoms with van der Waals surface area (Å²) >= 11 is 0. The fourth-order valence-electron chi connectivity index (χ4n) is 1.00. The number of nitrogens with zero attached hydrogens (tertiary/aromatic N) is 1. The molecule has 0 bridgehead atoms. The van der Waals surface area contributed by atoms with Crippen molar-refractivity contribution in [2.75, 3.05) is 19.6 Å². The van der Waals surface area contributed by atoms with Gasteiger partial charge >= 0.3 is 0 Å². The Balaban J connectivity index is 2.17. The third kappa shape index (κ3) is 1.65. The van der Waals surface area contributed by atoms with E-state index in [2.05, 4.69) is 11.5 Å². The predicted molar refractivity (Wildman–Crippen MR) is 42.8 cm³/mol. The van der Waals surface area contributed by atoms with Crippen LogP contribution < -0.4 is 5.14 Å². The van der Waals surface area contributed by atoms with Gasteiger partial charge in [0, 0.05) is 19.6 Å². The lowest BCUT2D eigenvalue weighted by Gasteiger charge is -2.36. The standard InChI is InChI=1S/C6H12N2OS/c1-2-3-8-4-6(5-8)10(7)9/h2,6H,1,3-5,7H2. The molecule has 0 spiro atoms. The monoisotopic (exact) mass is 160 g/mol. The van der Waals surface area contributed by atoms with E-state index in [9.17, 15) is 4.21 Å². The molecule has 0 aromatic carbocycles. The molecule has 10 heavy (non-hydrogen) atoms. The second-order valence-corrected chi connectivity index (χ2v) is 3.78. The fraction of sp³-hybridized carbons (Fsp3) is 0.667. The van der Waals surface area contributed by atoms with Crippen LogP contribution in [0.15, 0.2) is 12.7 Å². The van der Waals surface area contributed by atoms with E-state index in [0.29, 0.717) is 0 Å². The van der Waals surface area contributed by atoms with Crippen molar-refractivity contribution in [2.24, 2.45) is 5.14 Å². The molecule has 0 aromatic rings. The van der Waals surface area contributed by atoms with Gasteiger partial charge in [-0.1, -0.05) is 6.08 Å². The first kappa shape index (κ1) is 7.91. The zero-order valence-electron chi connectivity index (χ0n) is 5.82. The van der Waals surface area contributed by atoms with E-state index in [1.54, 1.807) is 0 Å². The lowest BCUT2D eigenvalue weighted by atomic mass is 10.2. The normalized spacial score (nSPS) is 23.7. The van der Waals surface area contributed by atoms with E-state index >= 15 is 0 Å². The maximum atomic E-state index is 10.6. The highest BCUT2D eigenvalue weighted by Crippen LogP contribution is 2.10. The summed E-state index contributed by atoms with van der Waals surface area (Å²) in [6.07, 6.45) is 1.84. The van der Waals surface area contributed by atoms with Crippen LogP contribution in [0.1, 0.15) is 0 Å². The summed E-state index contributed by atoms with van der Waals surface area (Å²) in [6, 6.07) is 0. The van der Waals surface area contributed by atoms with Crippen molar-refractivity contribution < 1.29 is 4.21 Å². The number of hydrogen-bond acceptors (Lipinski definition) is 2. The molecule has 3 nitrogen and oxygen atoms in total. The van der Waals surface area contributed by atoms with Crippen molar-refractivity contribution in [1.29, 1.82) is 0 Å². The summed E-state index contributed by atoms with van der Waals surface area (Å²) in [7, 11) is -1.12. The minimum absolute atomic E-state index is 0.194. The van der Waals surface area contributed by atoms with Gasteiger partial charge in [0.15, 0.2) is 0 Å². The molecule has 1 aliphatic rings. The highest BCUT2D eigenvalue weighted by atomic mass is 32.2. The summed E-state index contributed by atoms with van der Waals surface area (Å²) in [5.41, 5.74) is 0. The Hall–Kier alpha value is -0.190. The molecule has 4 heteroatoms. The van der Waals surface area contributed by atoms with Crippen LogP contribution in [-0.2, 0) is 11.0 Å². The number of rotatable bonds is 3. The van der Waals surface area contributed by atoms with Gasteiger partial charge in [0.25, 0.3) is 0 Å². The lowest BCUT2D eigenvalue weighted by Crippen LogP contribution is -2.54. The van der Waals surface area contributed by atoms with Gasteiger partial charge in [0.05, 0.1) is 16.2 Å². The van der Waals surface area contributed by atoms with Crippen LogP contribution in [0.2, 0.25) is 0 Å². The molecular formula is C6H12N2OS. The van der Waals surface area contributed by atoms with E-state index in [0.717, 1.165) is 19.6 Å². The third-order valence-electron chi connectivity index (χ3n) is 1.64. The topological polar surface area (TPSA) is 46.3 Å². The van der Waals surface area contributed by atoms with Crippen molar-refractivity contribution in [3.63, 3.8) is 0 Å². The molecule has 1 rings (SSSR count). The number of nitrogens with two attached hydrogens (primary N) is 1. The van der Waals surface area contributed by atoms with Gasteiger partial charge in [0.2, 0.25) is 0 Å². The van der Waals surface area contributed by atoms with Crippen molar-refractivity contribution >= 4 is 11.0 Å². The highest BCUT2D eigenvalue weighted by molar-refractivity contribution is 7.83. The first-order valence-corrected chi connectivity index (χ1v) is 4.50. The van der Waals surface area contributed by atoms with Crippen molar-refractivity contribution in [2.45, 2.75) is 5.25 Å². The first-order valence-electron chi connectivity index (χ1n) is 3.22. The largest absolute Gasteiger partial charge is 0.297 e. The fourth-order valence-corrected chi connectivity index (χ4v) is 1.72. The molecule has 1 heterocycles. The molecule has 1 aliphatic heterocycles. The minimum atomic E-state index is -1.12. The average molecular weight is 160 g/mol. The molecule has 0 aromatic heterocycles. The zero-order chi connectivity index (χ0) is 7.56. The molecule has 58 valence electrons. The lowest BCUT2D eigenvalue weighted by molar-refractivity contribution is 0.210. The van der Waals surface area contributed by atoms with Gasteiger partial charge in [-0.2, -0.15) is 0 Å². The van der Waals surface area contributed by atoms with E-state index in [1.807, 2.05) is 6.08 Å². The molecule has 1 saturated heterocycles. The molecule has 1 unspecified atom stereocenters. The van der Waals surface area contributed by atoms with Crippen LogP contribution in [0.3, 0.4) is 0 Å². The Bertz CT molecular complexity index is 154. The Morgan fingerprint density at radius 2 is 2.40 bits per heavy atom. The smallest absolute Gasteiger partial charge is 0.0945 e. The predicted octanol–water partition coefficient (Wildman–Crippen LogP) is -0.521. The number of hydrogen-bond donors (Lipinski definition) is 1. The molecule has 1 fully saturated rings. The summed E-state index contributed by atoms with van der Waals surface area (Å²) < 4.78 is 10.6. The second kappa shape index (κ2) is 3.27. The van der Waals surface area contributed by atoms with E-state index in [4.69, 9.17) is 5.14 Å². The van der Waals surface area contributed by atoms with Gasteiger partial charge in [0.1, 0.15) is 0 Å². The quantitative estimate of drug-likeness (QED) is 0.565. The van der Waals surface area contributed by atoms with Gasteiger partial charge < -0.3 is 0 Å². The Morgan fingerprint density at radius 1 is 1.80 bits per heavy atom. The maximum Gasteiger partial charge on any atom is 0.0945 e. The summed E-state index contributed by atoms with van der Waals surface area (Å²) in [5.74, 6) is 0. The van der Waals surface area contributed by atoms with Crippen LogP contribution in [-0.4, -0.2) is 34.0 Å². The SMILES string of the molecule is C=CCN1CC(S(N)=O)C1. The van der Waals surface area contributed by atoms with Gasteiger partial charge in [-0.05, 0) is 0 Å². The van der Waals surface area contributed by atoms with Crippen LogP contribution in [0.25, 0.3) is 0 Å². The molecule has 1 atom stereocenters. The third-order valence-corrected chi connectivity index (χ3v) is 2.59. The molecule has 2 N–H and O–H groups in total. The number of likely N-dealkylation sites (tertiary alicyclic amines) is 1. The van der Waals surface area contributed by atoms with Gasteiger partial charge in [-0.25, -0.2) is 4.21 Å². The summed E-state index contributed by atoms with van der Waals surface area (Å²) in [5, 5.41) is 5.37. The van der Waals surface area contributed by atoms with Crippen LogP contribution in [0.5, 0.6) is 0 Å². The van der Waals surface area contributed by atoms with E-state index < -0.39 is 11.0 Å². The zero-order valence-corrected chi connectivity index (χ0v) is 6.64. The minimum Gasteiger partial charge on any atom is -0.297 e. The van der Waals surface area contributed by atoms with E-state index in [1.165, 1.54) is 0 Å². The summed E-state index contributed by atoms with van der Waals surface area (Å²) in [6.45, 7) is 6.20. The van der Waals surface area contributed by atoms with Crippen LogP contribution >= 0.6 is 0 Å². The van der Waals surface area contributed by atoms with Crippen molar-refractivity contribution in [1.82, 2.24) is 4.90 Å². The highest BCUT2D eigenvalue weighted by Gasteiger charge is 2.28. The van der Waals surface area contributed by atoms with Gasteiger partial charge in [-0.15, -0.1) is 6.58 Å². The Morgan fingerprint density at radius 3 is 2.80 bits per heavy atom. The molecule has 0 saturated carbocycles. The Kier molecular flexibility index (Phi) is 2.59. The molecule has 0 aliphatic carbocycles. The van der Waals surface area contributed by atoms with Crippen molar-refractivity contribution in [3.8, 4) is 0 Å². The van der Waals surface area contributed by atoms with Crippen molar-refractivity contribution in [3.05, 3.63) is 12.7 Å². The molecule has 0 radical (unpaired) electrons. The van der Waals surface area contributed by atoms with Crippen LogP contribution in [0.4, 0.5) is 0 Å².